The highest BCUT2D eigenvalue weighted by Crippen LogP contribution is 2.29. The Balaban J connectivity index is 3.02. The van der Waals surface area contributed by atoms with Crippen LogP contribution in [0.2, 0.25) is 0 Å². The maximum absolute atomic E-state index is 13.3. The van der Waals surface area contributed by atoms with Crippen molar-refractivity contribution in [3.8, 4) is 0 Å². The number of hydrogen-bond acceptors (Lipinski definition) is 2. The lowest BCUT2D eigenvalue weighted by Gasteiger charge is -2.34. The third-order valence-corrected chi connectivity index (χ3v) is 3.23. The molecular weight excluding hydrogens is 217 g/mol. The SMILES string of the molecule is CCCNC(CC)(CCO)c1cccc(F)c1. The van der Waals surface area contributed by atoms with Gasteiger partial charge in [-0.2, -0.15) is 0 Å². The van der Waals surface area contributed by atoms with E-state index in [2.05, 4.69) is 19.2 Å². The fourth-order valence-electron chi connectivity index (χ4n) is 2.18. The van der Waals surface area contributed by atoms with Crippen LogP contribution in [0.5, 0.6) is 0 Å². The molecule has 17 heavy (non-hydrogen) atoms. The van der Waals surface area contributed by atoms with Gasteiger partial charge in [0.25, 0.3) is 0 Å². The Kier molecular flexibility index (Phi) is 5.59. The second kappa shape index (κ2) is 6.72. The lowest BCUT2D eigenvalue weighted by molar-refractivity contribution is 0.203. The molecule has 0 aromatic heterocycles. The van der Waals surface area contributed by atoms with Crippen molar-refractivity contribution < 1.29 is 9.50 Å². The molecular formula is C14H22FNO. The number of nitrogens with one attached hydrogen (secondary N) is 1. The Morgan fingerprint density at radius 2 is 2.12 bits per heavy atom. The van der Waals surface area contributed by atoms with Gasteiger partial charge in [0.15, 0.2) is 0 Å². The van der Waals surface area contributed by atoms with Crippen molar-refractivity contribution >= 4 is 0 Å². The van der Waals surface area contributed by atoms with Gasteiger partial charge in [-0.25, -0.2) is 4.39 Å². The van der Waals surface area contributed by atoms with Gasteiger partial charge < -0.3 is 10.4 Å². The maximum atomic E-state index is 13.3. The first-order chi connectivity index (χ1) is 8.18. The first-order valence-corrected chi connectivity index (χ1v) is 6.30. The van der Waals surface area contributed by atoms with Crippen LogP contribution in [0.15, 0.2) is 24.3 Å². The summed E-state index contributed by atoms with van der Waals surface area (Å²) in [6.07, 6.45) is 2.45. The zero-order valence-electron chi connectivity index (χ0n) is 10.7. The van der Waals surface area contributed by atoms with Crippen molar-refractivity contribution in [2.24, 2.45) is 0 Å². The summed E-state index contributed by atoms with van der Waals surface area (Å²) in [4.78, 5) is 0. The van der Waals surface area contributed by atoms with Crippen molar-refractivity contribution in [3.63, 3.8) is 0 Å². The van der Waals surface area contributed by atoms with Crippen LogP contribution in [0.4, 0.5) is 4.39 Å². The predicted octanol–water partition coefficient (Wildman–Crippen LogP) is 2.81. The Labute approximate surface area is 103 Å². The number of rotatable bonds is 7. The highest BCUT2D eigenvalue weighted by molar-refractivity contribution is 5.25. The molecule has 0 saturated heterocycles. The van der Waals surface area contributed by atoms with Gasteiger partial charge in [-0.3, -0.25) is 0 Å². The lowest BCUT2D eigenvalue weighted by Crippen LogP contribution is -2.43. The first kappa shape index (κ1) is 14.1. The molecule has 1 rings (SSSR count). The average molecular weight is 239 g/mol. The summed E-state index contributed by atoms with van der Waals surface area (Å²) < 4.78 is 13.3. The molecule has 0 amide bonds. The van der Waals surface area contributed by atoms with Gasteiger partial charge in [-0.1, -0.05) is 26.0 Å². The second-order valence-electron chi connectivity index (χ2n) is 4.35. The molecule has 0 aliphatic heterocycles. The third kappa shape index (κ3) is 3.51. The summed E-state index contributed by atoms with van der Waals surface area (Å²) in [5.74, 6) is -0.225. The maximum Gasteiger partial charge on any atom is 0.123 e. The average Bonchev–Trinajstić information content (AvgIpc) is 2.34. The Morgan fingerprint density at radius 1 is 1.35 bits per heavy atom. The quantitative estimate of drug-likeness (QED) is 0.767. The van der Waals surface area contributed by atoms with Crippen molar-refractivity contribution in [3.05, 3.63) is 35.6 Å². The van der Waals surface area contributed by atoms with Gasteiger partial charge in [0.05, 0.1) is 0 Å². The minimum atomic E-state index is -0.313. The van der Waals surface area contributed by atoms with Crippen LogP contribution >= 0.6 is 0 Å². The van der Waals surface area contributed by atoms with E-state index in [0.717, 1.165) is 24.9 Å². The molecule has 3 heteroatoms. The zero-order chi connectivity index (χ0) is 12.7. The van der Waals surface area contributed by atoms with Crippen LogP contribution in [-0.4, -0.2) is 18.3 Å². The van der Waals surface area contributed by atoms with Gasteiger partial charge >= 0.3 is 0 Å². The van der Waals surface area contributed by atoms with Crippen LogP contribution < -0.4 is 5.32 Å². The van der Waals surface area contributed by atoms with Crippen LogP contribution in [-0.2, 0) is 5.54 Å². The predicted molar refractivity (Wildman–Crippen MR) is 68.4 cm³/mol. The monoisotopic (exact) mass is 239 g/mol. The lowest BCUT2D eigenvalue weighted by atomic mass is 9.84. The van der Waals surface area contributed by atoms with E-state index in [1.54, 1.807) is 12.1 Å². The molecule has 0 heterocycles. The molecule has 0 bridgehead atoms. The number of hydrogen-bond donors (Lipinski definition) is 2. The molecule has 1 aromatic carbocycles. The van der Waals surface area contributed by atoms with Crippen LogP contribution in [0.1, 0.15) is 38.7 Å². The number of halogens is 1. The molecule has 96 valence electrons. The molecule has 0 saturated carbocycles. The first-order valence-electron chi connectivity index (χ1n) is 6.30. The molecule has 1 unspecified atom stereocenters. The standard InChI is InChI=1S/C14H22FNO/c1-3-9-16-14(4-2,8-10-17)12-6-5-7-13(15)11-12/h5-7,11,16-17H,3-4,8-10H2,1-2H3. The molecule has 0 radical (unpaired) electrons. The fourth-order valence-corrected chi connectivity index (χ4v) is 2.18. The molecule has 1 aromatic rings. The summed E-state index contributed by atoms with van der Waals surface area (Å²) >= 11 is 0. The summed E-state index contributed by atoms with van der Waals surface area (Å²) in [5, 5.41) is 12.7. The fraction of sp³-hybridized carbons (Fsp3) is 0.571. The molecule has 0 spiro atoms. The van der Waals surface area contributed by atoms with Crippen molar-refractivity contribution in [1.29, 1.82) is 0 Å². The van der Waals surface area contributed by atoms with Gasteiger partial charge in [0, 0.05) is 12.1 Å². The topological polar surface area (TPSA) is 32.3 Å². The van der Waals surface area contributed by atoms with E-state index in [4.69, 9.17) is 0 Å². The van der Waals surface area contributed by atoms with Crippen LogP contribution in [0.3, 0.4) is 0 Å². The van der Waals surface area contributed by atoms with E-state index in [-0.39, 0.29) is 18.0 Å². The zero-order valence-corrected chi connectivity index (χ0v) is 10.7. The highest BCUT2D eigenvalue weighted by atomic mass is 19.1. The second-order valence-corrected chi connectivity index (χ2v) is 4.35. The van der Waals surface area contributed by atoms with E-state index >= 15 is 0 Å². The Morgan fingerprint density at radius 3 is 2.65 bits per heavy atom. The summed E-state index contributed by atoms with van der Waals surface area (Å²) in [6, 6.07) is 6.65. The molecule has 1 atom stereocenters. The molecule has 2 N–H and O–H groups in total. The number of aliphatic hydroxyl groups is 1. The van der Waals surface area contributed by atoms with Crippen molar-refractivity contribution in [1.82, 2.24) is 5.32 Å². The molecule has 0 aliphatic carbocycles. The summed E-state index contributed by atoms with van der Waals surface area (Å²) in [7, 11) is 0. The Bertz CT molecular complexity index is 343. The van der Waals surface area contributed by atoms with Gasteiger partial charge in [-0.15, -0.1) is 0 Å². The number of benzene rings is 1. The Hall–Kier alpha value is -0.930. The van der Waals surface area contributed by atoms with Gasteiger partial charge in [0.2, 0.25) is 0 Å². The summed E-state index contributed by atoms with van der Waals surface area (Å²) in [6.45, 7) is 5.12. The van der Waals surface area contributed by atoms with E-state index < -0.39 is 0 Å². The van der Waals surface area contributed by atoms with Gasteiger partial charge in [-0.05, 0) is 43.5 Å². The number of aliphatic hydroxyl groups excluding tert-OH is 1. The third-order valence-electron chi connectivity index (χ3n) is 3.23. The van der Waals surface area contributed by atoms with E-state index in [0.29, 0.717) is 6.42 Å². The molecule has 2 nitrogen and oxygen atoms in total. The summed E-state index contributed by atoms with van der Waals surface area (Å²) in [5.41, 5.74) is 0.606. The smallest absolute Gasteiger partial charge is 0.123 e. The van der Waals surface area contributed by atoms with E-state index in [1.165, 1.54) is 6.07 Å². The van der Waals surface area contributed by atoms with Crippen molar-refractivity contribution in [2.45, 2.75) is 38.6 Å². The highest BCUT2D eigenvalue weighted by Gasteiger charge is 2.29. The molecule has 0 aliphatic rings. The largest absolute Gasteiger partial charge is 0.396 e. The van der Waals surface area contributed by atoms with Crippen LogP contribution in [0.25, 0.3) is 0 Å². The normalized spacial score (nSPS) is 14.6. The van der Waals surface area contributed by atoms with Gasteiger partial charge in [0.1, 0.15) is 5.82 Å². The van der Waals surface area contributed by atoms with Crippen molar-refractivity contribution in [2.75, 3.05) is 13.2 Å². The van der Waals surface area contributed by atoms with E-state index in [1.807, 2.05) is 6.07 Å². The minimum absolute atomic E-state index is 0.0983. The molecule has 0 fully saturated rings. The van der Waals surface area contributed by atoms with Crippen LogP contribution in [0, 0.1) is 5.82 Å². The van der Waals surface area contributed by atoms with E-state index in [9.17, 15) is 9.50 Å². The minimum Gasteiger partial charge on any atom is -0.396 e.